The normalized spacial score (nSPS) is 15.5. The molecule has 1 N–H and O–H groups in total. The van der Waals surface area contributed by atoms with Gasteiger partial charge in [0.05, 0.1) is 29.2 Å². The van der Waals surface area contributed by atoms with E-state index in [1.54, 1.807) is 29.8 Å². The molecule has 8 nitrogen and oxygen atoms in total. The van der Waals surface area contributed by atoms with Crippen molar-refractivity contribution in [2.24, 2.45) is 4.99 Å². The lowest BCUT2D eigenvalue weighted by Gasteiger charge is -2.05. The number of fused-ring (bicyclic) bond motifs is 1. The Morgan fingerprint density at radius 1 is 1.16 bits per heavy atom. The smallest absolute Gasteiger partial charge is 0.308 e. The van der Waals surface area contributed by atoms with E-state index in [2.05, 4.69) is 14.8 Å². The zero-order chi connectivity index (χ0) is 22.0. The van der Waals surface area contributed by atoms with Crippen molar-refractivity contribution in [3.05, 3.63) is 76.6 Å². The molecule has 31 heavy (non-hydrogen) atoms. The maximum Gasteiger partial charge on any atom is 0.308 e. The van der Waals surface area contributed by atoms with Gasteiger partial charge in [0.1, 0.15) is 17.6 Å². The summed E-state index contributed by atoms with van der Waals surface area (Å²) in [6.07, 6.45) is -0.00309. The van der Waals surface area contributed by atoms with E-state index in [4.69, 9.17) is 16.3 Å². The third kappa shape index (κ3) is 4.33. The second kappa shape index (κ2) is 8.52. The molecule has 0 bridgehead atoms. The summed E-state index contributed by atoms with van der Waals surface area (Å²) in [5, 5.41) is 4.80. The van der Waals surface area contributed by atoms with Gasteiger partial charge >= 0.3 is 5.97 Å². The first-order chi connectivity index (χ1) is 14.9. The minimum Gasteiger partial charge on any atom is -0.461 e. The standard InChI is InChI=1S/C21H19ClN4O4S/c1-14-17(20(22)26(24-14)15-7-3-2-4-8-15)13-30-19(27)11-12-23-21-16-9-5-6-10-18(16)31(28,29)25-21/h2-10H,11-13H2,1H3,(H,23,25). The molecule has 2 aromatic carbocycles. The number of nitrogens with zero attached hydrogens (tertiary/aromatic N) is 3. The highest BCUT2D eigenvalue weighted by Crippen LogP contribution is 2.24. The molecule has 3 aromatic rings. The molecule has 0 amide bonds. The van der Waals surface area contributed by atoms with Gasteiger partial charge in [-0.15, -0.1) is 0 Å². The van der Waals surface area contributed by atoms with Crippen molar-refractivity contribution >= 4 is 33.4 Å². The number of amidine groups is 1. The predicted molar refractivity (Wildman–Crippen MR) is 116 cm³/mol. The number of hydrogen-bond acceptors (Lipinski definition) is 6. The van der Waals surface area contributed by atoms with Gasteiger partial charge in [-0.1, -0.05) is 41.9 Å². The molecule has 0 aliphatic carbocycles. The highest BCUT2D eigenvalue weighted by atomic mass is 35.5. The van der Waals surface area contributed by atoms with E-state index in [-0.39, 0.29) is 30.3 Å². The van der Waals surface area contributed by atoms with Crippen LogP contribution in [0.3, 0.4) is 0 Å². The first-order valence-electron chi connectivity index (χ1n) is 9.48. The van der Waals surface area contributed by atoms with E-state index in [1.165, 1.54) is 6.07 Å². The fourth-order valence-electron chi connectivity index (χ4n) is 3.17. The van der Waals surface area contributed by atoms with Crippen molar-refractivity contribution in [2.75, 3.05) is 6.54 Å². The zero-order valence-corrected chi connectivity index (χ0v) is 18.2. The molecule has 4 rings (SSSR count). The van der Waals surface area contributed by atoms with Gasteiger partial charge < -0.3 is 4.74 Å². The van der Waals surface area contributed by atoms with Gasteiger partial charge in [-0.25, -0.2) is 13.1 Å². The molecule has 0 saturated carbocycles. The summed E-state index contributed by atoms with van der Waals surface area (Å²) in [5.41, 5.74) is 2.59. The highest BCUT2D eigenvalue weighted by molar-refractivity contribution is 7.90. The summed E-state index contributed by atoms with van der Waals surface area (Å²) in [6, 6.07) is 16.0. The molecule has 160 valence electrons. The number of para-hydroxylation sites is 1. The molecular weight excluding hydrogens is 440 g/mol. The minimum absolute atomic E-state index is 0.00309. The number of esters is 1. The van der Waals surface area contributed by atoms with Crippen LogP contribution in [0, 0.1) is 6.92 Å². The lowest BCUT2D eigenvalue weighted by Crippen LogP contribution is -2.22. The number of rotatable bonds is 6. The minimum atomic E-state index is -3.60. The predicted octanol–water partition coefficient (Wildman–Crippen LogP) is 3.01. The Morgan fingerprint density at radius 2 is 1.87 bits per heavy atom. The van der Waals surface area contributed by atoms with Crippen molar-refractivity contribution < 1.29 is 17.9 Å². The fourth-order valence-corrected chi connectivity index (χ4v) is 4.75. The Kier molecular flexibility index (Phi) is 5.79. The average Bonchev–Trinajstić information content (AvgIpc) is 3.19. The van der Waals surface area contributed by atoms with Crippen LogP contribution >= 0.6 is 11.6 Å². The molecule has 1 aliphatic heterocycles. The Hall–Kier alpha value is -3.17. The number of halogens is 1. The average molecular weight is 459 g/mol. The van der Waals surface area contributed by atoms with Crippen molar-refractivity contribution in [1.82, 2.24) is 14.5 Å². The van der Waals surface area contributed by atoms with E-state index in [0.717, 1.165) is 5.69 Å². The number of ether oxygens (including phenoxy) is 1. The van der Waals surface area contributed by atoms with Crippen LogP contribution in [0.25, 0.3) is 5.69 Å². The molecule has 1 aliphatic rings. The van der Waals surface area contributed by atoms with Gasteiger partial charge in [0.25, 0.3) is 10.0 Å². The van der Waals surface area contributed by atoms with Crippen LogP contribution in [0.15, 0.2) is 64.5 Å². The van der Waals surface area contributed by atoms with Crippen LogP contribution < -0.4 is 4.72 Å². The summed E-state index contributed by atoms with van der Waals surface area (Å²) in [6.45, 7) is 1.87. The highest BCUT2D eigenvalue weighted by Gasteiger charge is 2.30. The summed E-state index contributed by atoms with van der Waals surface area (Å²) in [7, 11) is -3.60. The van der Waals surface area contributed by atoms with E-state index in [1.807, 2.05) is 30.3 Å². The van der Waals surface area contributed by atoms with Gasteiger partial charge in [-0.3, -0.25) is 14.5 Å². The molecule has 0 fully saturated rings. The Balaban J connectivity index is 1.37. The quantitative estimate of drug-likeness (QED) is 0.572. The summed E-state index contributed by atoms with van der Waals surface area (Å²) in [4.78, 5) is 16.6. The molecule has 1 aromatic heterocycles. The van der Waals surface area contributed by atoms with Crippen LogP contribution in [0.2, 0.25) is 5.15 Å². The van der Waals surface area contributed by atoms with Gasteiger partial charge in [0.15, 0.2) is 0 Å². The zero-order valence-electron chi connectivity index (χ0n) is 16.6. The topological polar surface area (TPSA) is 103 Å². The van der Waals surface area contributed by atoms with Gasteiger partial charge in [-0.05, 0) is 31.2 Å². The molecule has 0 saturated heterocycles. The Labute approximate surface area is 184 Å². The largest absolute Gasteiger partial charge is 0.461 e. The first-order valence-corrected chi connectivity index (χ1v) is 11.3. The van der Waals surface area contributed by atoms with E-state index >= 15 is 0 Å². The van der Waals surface area contributed by atoms with E-state index in [0.29, 0.717) is 22.0 Å². The van der Waals surface area contributed by atoms with Crippen LogP contribution in [-0.2, 0) is 26.2 Å². The number of carbonyl (C=O) groups excluding carboxylic acids is 1. The Morgan fingerprint density at radius 3 is 2.65 bits per heavy atom. The number of aliphatic imine (C=N–C) groups is 1. The SMILES string of the molecule is Cc1nn(-c2ccccc2)c(Cl)c1COC(=O)CCN=C1NS(=O)(=O)c2ccccc21. The lowest BCUT2D eigenvalue weighted by molar-refractivity contribution is -0.144. The molecule has 0 unspecified atom stereocenters. The summed E-state index contributed by atoms with van der Waals surface area (Å²) in [5.74, 6) is -0.243. The number of sulfonamides is 1. The van der Waals surface area contributed by atoms with Crippen molar-refractivity contribution in [2.45, 2.75) is 24.8 Å². The van der Waals surface area contributed by atoms with E-state index < -0.39 is 16.0 Å². The number of nitrogens with one attached hydrogen (secondary N) is 1. The number of aromatic nitrogens is 2. The molecular formula is C21H19ClN4O4S. The monoisotopic (exact) mass is 458 g/mol. The summed E-state index contributed by atoms with van der Waals surface area (Å²) < 4.78 is 33.5. The van der Waals surface area contributed by atoms with Gasteiger partial charge in [0.2, 0.25) is 0 Å². The number of benzene rings is 2. The second-order valence-corrected chi connectivity index (χ2v) is 8.85. The number of aryl methyl sites for hydroxylation is 1. The van der Waals surface area contributed by atoms with E-state index in [9.17, 15) is 13.2 Å². The molecule has 10 heteroatoms. The first kappa shape index (κ1) is 21.1. The Bertz CT molecular complexity index is 1270. The van der Waals surface area contributed by atoms with Crippen molar-refractivity contribution in [3.63, 3.8) is 0 Å². The van der Waals surface area contributed by atoms with Crippen LogP contribution in [0.5, 0.6) is 0 Å². The second-order valence-electron chi connectivity index (χ2n) is 6.84. The maximum atomic E-state index is 12.2. The molecule has 0 atom stereocenters. The maximum absolute atomic E-state index is 12.2. The van der Waals surface area contributed by atoms with Gasteiger partial charge in [-0.2, -0.15) is 5.10 Å². The molecule has 0 radical (unpaired) electrons. The fraction of sp³-hybridized carbons (Fsp3) is 0.190. The third-order valence-electron chi connectivity index (χ3n) is 4.75. The van der Waals surface area contributed by atoms with Gasteiger partial charge in [0, 0.05) is 11.1 Å². The summed E-state index contributed by atoms with van der Waals surface area (Å²) >= 11 is 6.43. The van der Waals surface area contributed by atoms with Crippen LogP contribution in [-0.4, -0.2) is 36.5 Å². The number of carbonyl (C=O) groups is 1. The van der Waals surface area contributed by atoms with Crippen LogP contribution in [0.1, 0.15) is 23.2 Å². The molecule has 2 heterocycles. The third-order valence-corrected chi connectivity index (χ3v) is 6.53. The van der Waals surface area contributed by atoms with Crippen molar-refractivity contribution in [1.29, 1.82) is 0 Å². The number of hydrogen-bond donors (Lipinski definition) is 1. The molecule has 0 spiro atoms. The lowest BCUT2D eigenvalue weighted by atomic mass is 10.2. The van der Waals surface area contributed by atoms with Crippen molar-refractivity contribution in [3.8, 4) is 5.69 Å². The van der Waals surface area contributed by atoms with Crippen LogP contribution in [0.4, 0.5) is 0 Å².